The van der Waals surface area contributed by atoms with Crippen LogP contribution in [0.4, 0.5) is 0 Å². The Balaban J connectivity index is 1.71. The first-order valence-corrected chi connectivity index (χ1v) is 10.1. The third kappa shape index (κ3) is 3.61. The van der Waals surface area contributed by atoms with Gasteiger partial charge in [-0.25, -0.2) is 13.4 Å². The summed E-state index contributed by atoms with van der Waals surface area (Å²) in [4.78, 5) is 17.0. The highest BCUT2D eigenvalue weighted by molar-refractivity contribution is 7.92. The lowest BCUT2D eigenvalue weighted by molar-refractivity contribution is 0.0941. The SMILES string of the molecule is CC(C)S(=O)(=O)c1ccccc1C(=O)NCC1CCn2ccnc2C1. The van der Waals surface area contributed by atoms with Crippen molar-refractivity contribution in [3.63, 3.8) is 0 Å². The molecule has 1 amide bonds. The van der Waals surface area contributed by atoms with E-state index < -0.39 is 15.1 Å². The summed E-state index contributed by atoms with van der Waals surface area (Å²) >= 11 is 0. The molecule has 1 atom stereocenters. The molecule has 6 nitrogen and oxygen atoms in total. The van der Waals surface area contributed by atoms with Gasteiger partial charge in [-0.15, -0.1) is 0 Å². The summed E-state index contributed by atoms with van der Waals surface area (Å²) in [5.41, 5.74) is 0.216. The lowest BCUT2D eigenvalue weighted by atomic mass is 9.97. The summed E-state index contributed by atoms with van der Waals surface area (Å²) in [5, 5.41) is 2.33. The molecule has 0 bridgehead atoms. The number of aryl methyl sites for hydroxylation is 1. The summed E-state index contributed by atoms with van der Waals surface area (Å²) in [6.07, 6.45) is 5.55. The van der Waals surface area contributed by atoms with Crippen molar-refractivity contribution < 1.29 is 13.2 Å². The fourth-order valence-corrected chi connectivity index (χ4v) is 4.32. The van der Waals surface area contributed by atoms with E-state index in [1.54, 1.807) is 38.2 Å². The minimum absolute atomic E-state index is 0.0988. The number of benzene rings is 1. The van der Waals surface area contributed by atoms with Crippen LogP contribution < -0.4 is 5.32 Å². The summed E-state index contributed by atoms with van der Waals surface area (Å²) in [6, 6.07) is 6.40. The van der Waals surface area contributed by atoms with Crippen LogP contribution in [0.2, 0.25) is 0 Å². The fourth-order valence-electron chi connectivity index (χ4n) is 3.08. The highest BCUT2D eigenvalue weighted by Crippen LogP contribution is 2.21. The average molecular weight is 361 g/mol. The Bertz CT molecular complexity index is 871. The van der Waals surface area contributed by atoms with E-state index in [4.69, 9.17) is 0 Å². The fraction of sp³-hybridized carbons (Fsp3) is 0.444. The first-order valence-electron chi connectivity index (χ1n) is 8.50. The first-order chi connectivity index (χ1) is 11.9. The lowest BCUT2D eigenvalue weighted by Gasteiger charge is -2.23. The maximum atomic E-state index is 12.6. The second-order valence-corrected chi connectivity index (χ2v) is 9.17. The van der Waals surface area contributed by atoms with Gasteiger partial charge < -0.3 is 9.88 Å². The molecular weight excluding hydrogens is 338 g/mol. The average Bonchev–Trinajstić information content (AvgIpc) is 3.07. The lowest BCUT2D eigenvalue weighted by Crippen LogP contribution is -2.34. The Morgan fingerprint density at radius 3 is 2.88 bits per heavy atom. The number of fused-ring (bicyclic) bond motifs is 1. The van der Waals surface area contributed by atoms with Crippen molar-refractivity contribution >= 4 is 15.7 Å². The topological polar surface area (TPSA) is 81.1 Å². The Labute approximate surface area is 148 Å². The number of carbonyl (C=O) groups is 1. The van der Waals surface area contributed by atoms with E-state index in [1.807, 2.05) is 6.20 Å². The summed E-state index contributed by atoms with van der Waals surface area (Å²) in [5.74, 6) is 1.01. The normalized spacial score (nSPS) is 17.3. The largest absolute Gasteiger partial charge is 0.352 e. The highest BCUT2D eigenvalue weighted by Gasteiger charge is 2.26. The Hall–Kier alpha value is -2.15. The van der Waals surface area contributed by atoms with Crippen LogP contribution in [0.1, 0.15) is 36.5 Å². The van der Waals surface area contributed by atoms with E-state index in [0.29, 0.717) is 12.5 Å². The molecule has 1 aliphatic heterocycles. The number of carbonyl (C=O) groups excluding carboxylic acids is 1. The zero-order chi connectivity index (χ0) is 18.0. The minimum Gasteiger partial charge on any atom is -0.352 e. The van der Waals surface area contributed by atoms with Gasteiger partial charge in [0, 0.05) is 31.9 Å². The molecule has 2 heterocycles. The zero-order valence-corrected chi connectivity index (χ0v) is 15.3. The summed E-state index contributed by atoms with van der Waals surface area (Å²) in [6.45, 7) is 4.65. The third-order valence-corrected chi connectivity index (χ3v) is 6.87. The number of nitrogens with one attached hydrogen (secondary N) is 1. The van der Waals surface area contributed by atoms with Crippen LogP contribution in [0.15, 0.2) is 41.6 Å². The molecule has 2 aromatic rings. The van der Waals surface area contributed by atoms with E-state index >= 15 is 0 Å². The van der Waals surface area contributed by atoms with E-state index in [1.165, 1.54) is 6.07 Å². The summed E-state index contributed by atoms with van der Waals surface area (Å²) < 4.78 is 27.1. The maximum Gasteiger partial charge on any atom is 0.252 e. The van der Waals surface area contributed by atoms with Crippen LogP contribution in [0.3, 0.4) is 0 Å². The Morgan fingerprint density at radius 1 is 1.36 bits per heavy atom. The van der Waals surface area contributed by atoms with Crippen LogP contribution in [-0.4, -0.2) is 35.7 Å². The van der Waals surface area contributed by atoms with Crippen LogP contribution in [0, 0.1) is 5.92 Å². The van der Waals surface area contributed by atoms with Crippen molar-refractivity contribution in [3.05, 3.63) is 48.0 Å². The van der Waals surface area contributed by atoms with Gasteiger partial charge in [0.2, 0.25) is 0 Å². The number of sulfone groups is 1. The van der Waals surface area contributed by atoms with Crippen molar-refractivity contribution in [3.8, 4) is 0 Å². The molecule has 0 saturated carbocycles. The zero-order valence-electron chi connectivity index (χ0n) is 14.5. The molecule has 25 heavy (non-hydrogen) atoms. The van der Waals surface area contributed by atoms with Crippen molar-refractivity contribution in [2.24, 2.45) is 5.92 Å². The predicted molar refractivity (Wildman–Crippen MR) is 95.1 cm³/mol. The van der Waals surface area contributed by atoms with Crippen molar-refractivity contribution in [1.82, 2.24) is 14.9 Å². The van der Waals surface area contributed by atoms with Gasteiger partial charge in [-0.2, -0.15) is 0 Å². The van der Waals surface area contributed by atoms with Gasteiger partial charge in [-0.3, -0.25) is 4.79 Å². The van der Waals surface area contributed by atoms with Crippen LogP contribution in [0.25, 0.3) is 0 Å². The van der Waals surface area contributed by atoms with Crippen LogP contribution in [-0.2, 0) is 22.8 Å². The number of imidazole rings is 1. The first kappa shape index (κ1) is 17.7. The number of aromatic nitrogens is 2. The van der Waals surface area contributed by atoms with Crippen LogP contribution in [0.5, 0.6) is 0 Å². The molecular formula is C18H23N3O3S. The van der Waals surface area contributed by atoms with Crippen molar-refractivity contribution in [1.29, 1.82) is 0 Å². The van der Waals surface area contributed by atoms with Crippen LogP contribution >= 0.6 is 0 Å². The molecule has 0 radical (unpaired) electrons. The van der Waals surface area contributed by atoms with Gasteiger partial charge in [0.05, 0.1) is 15.7 Å². The molecule has 1 aromatic heterocycles. The van der Waals surface area contributed by atoms with Gasteiger partial charge in [0.15, 0.2) is 9.84 Å². The van der Waals surface area contributed by atoms with Gasteiger partial charge in [0.25, 0.3) is 5.91 Å². The smallest absolute Gasteiger partial charge is 0.252 e. The summed E-state index contributed by atoms with van der Waals surface area (Å²) in [7, 11) is -3.50. The van der Waals surface area contributed by atoms with E-state index in [2.05, 4.69) is 14.9 Å². The molecule has 0 fully saturated rings. The Morgan fingerprint density at radius 2 is 2.12 bits per heavy atom. The van der Waals surface area contributed by atoms with E-state index in [-0.39, 0.29) is 16.4 Å². The van der Waals surface area contributed by atoms with Crippen molar-refractivity contribution in [2.75, 3.05) is 6.54 Å². The molecule has 0 aliphatic carbocycles. The molecule has 134 valence electrons. The second-order valence-electron chi connectivity index (χ2n) is 6.70. The minimum atomic E-state index is -3.50. The molecule has 0 saturated heterocycles. The highest BCUT2D eigenvalue weighted by atomic mass is 32.2. The number of hydrogen-bond acceptors (Lipinski definition) is 4. The van der Waals surface area contributed by atoms with E-state index in [0.717, 1.165) is 25.2 Å². The Kier molecular flexibility index (Phi) is 4.94. The third-order valence-electron chi connectivity index (χ3n) is 4.66. The predicted octanol–water partition coefficient (Wildman–Crippen LogP) is 2.06. The molecule has 1 unspecified atom stereocenters. The van der Waals surface area contributed by atoms with Gasteiger partial charge in [0.1, 0.15) is 5.82 Å². The number of rotatable bonds is 5. The number of hydrogen-bond donors (Lipinski definition) is 1. The van der Waals surface area contributed by atoms with E-state index in [9.17, 15) is 13.2 Å². The quantitative estimate of drug-likeness (QED) is 0.884. The molecule has 7 heteroatoms. The number of amides is 1. The van der Waals surface area contributed by atoms with Gasteiger partial charge >= 0.3 is 0 Å². The standard InChI is InChI=1S/C18H23N3O3S/c1-13(2)25(23,24)16-6-4-3-5-15(16)18(22)20-12-14-7-9-21-10-8-19-17(21)11-14/h3-6,8,10,13-14H,7,9,11-12H2,1-2H3,(H,20,22). The van der Waals surface area contributed by atoms with Gasteiger partial charge in [-0.05, 0) is 38.3 Å². The molecule has 1 aromatic carbocycles. The molecule has 1 aliphatic rings. The molecule has 3 rings (SSSR count). The van der Waals surface area contributed by atoms with Crippen molar-refractivity contribution in [2.45, 2.75) is 43.4 Å². The van der Waals surface area contributed by atoms with Gasteiger partial charge in [-0.1, -0.05) is 12.1 Å². The monoisotopic (exact) mass is 361 g/mol. The molecule has 0 spiro atoms. The number of nitrogens with zero attached hydrogens (tertiary/aromatic N) is 2. The molecule has 1 N–H and O–H groups in total. The maximum absolute atomic E-state index is 12.6. The second kappa shape index (κ2) is 7.00.